The Balaban J connectivity index is 1.53. The molecule has 3 rings (SSSR count). The zero-order valence-corrected chi connectivity index (χ0v) is 12.0. The highest BCUT2D eigenvalue weighted by Crippen LogP contribution is 2.44. The van der Waals surface area contributed by atoms with Gasteiger partial charge in [0.2, 0.25) is 0 Å². The molecule has 1 N–H and O–H groups in total. The van der Waals surface area contributed by atoms with Gasteiger partial charge in [-0.05, 0) is 11.5 Å². The van der Waals surface area contributed by atoms with Gasteiger partial charge in [0.05, 0.1) is 13.2 Å². The van der Waals surface area contributed by atoms with Gasteiger partial charge in [0.1, 0.15) is 0 Å². The molecule has 1 aliphatic carbocycles. The summed E-state index contributed by atoms with van der Waals surface area (Å²) >= 11 is 0. The van der Waals surface area contributed by atoms with E-state index in [1.807, 2.05) is 30.3 Å². The molecule has 0 atom stereocenters. The monoisotopic (exact) mass is 304 g/mol. The largest absolute Gasteiger partial charge is 0.376 e. The van der Waals surface area contributed by atoms with Crippen LogP contribution in [-0.4, -0.2) is 16.2 Å². The highest BCUT2D eigenvalue weighted by atomic mass is 19.1. The van der Waals surface area contributed by atoms with Crippen molar-refractivity contribution in [1.82, 2.24) is 9.55 Å². The summed E-state index contributed by atoms with van der Waals surface area (Å²) in [5.74, 6) is -1.64. The molecule has 116 valence electrons. The number of benzene rings is 1. The second-order valence-electron chi connectivity index (χ2n) is 5.67. The van der Waals surface area contributed by atoms with Gasteiger partial charge in [0, 0.05) is 25.1 Å². The molecular weight excluding hydrogens is 287 g/mol. The molecule has 2 aromatic rings. The SMILES string of the molecule is O=c1ccn(C2(F)CC(COCc3ccccc3)C2)c(=O)[nH]1. The molecule has 0 radical (unpaired) electrons. The molecule has 0 unspecified atom stereocenters. The first-order chi connectivity index (χ1) is 10.6. The number of nitrogens with one attached hydrogen (secondary N) is 1. The lowest BCUT2D eigenvalue weighted by atomic mass is 9.78. The van der Waals surface area contributed by atoms with Crippen LogP contribution in [0.2, 0.25) is 0 Å². The Morgan fingerprint density at radius 2 is 1.95 bits per heavy atom. The number of alkyl halides is 1. The molecule has 5 nitrogen and oxygen atoms in total. The quantitative estimate of drug-likeness (QED) is 0.916. The lowest BCUT2D eigenvalue weighted by Crippen LogP contribution is -2.50. The summed E-state index contributed by atoms with van der Waals surface area (Å²) in [6, 6.07) is 10.9. The molecule has 0 amide bonds. The van der Waals surface area contributed by atoms with Crippen LogP contribution < -0.4 is 11.2 Å². The number of halogens is 1. The van der Waals surface area contributed by atoms with Crippen LogP contribution in [-0.2, 0) is 17.1 Å². The minimum Gasteiger partial charge on any atom is -0.376 e. The molecular formula is C16H17FN2O3. The standard InChI is InChI=1S/C16H17FN2O3/c17-16(19-7-6-14(20)18-15(19)21)8-13(9-16)11-22-10-12-4-2-1-3-5-12/h1-7,13H,8-11H2,(H,18,20,21). The summed E-state index contributed by atoms with van der Waals surface area (Å²) in [5, 5.41) is 0. The van der Waals surface area contributed by atoms with E-state index in [0.29, 0.717) is 13.2 Å². The van der Waals surface area contributed by atoms with Crippen molar-refractivity contribution in [3.63, 3.8) is 0 Å². The number of hydrogen-bond acceptors (Lipinski definition) is 3. The highest BCUT2D eigenvalue weighted by Gasteiger charge is 2.47. The van der Waals surface area contributed by atoms with E-state index >= 15 is 0 Å². The van der Waals surface area contributed by atoms with Crippen molar-refractivity contribution in [2.45, 2.75) is 25.2 Å². The van der Waals surface area contributed by atoms with E-state index in [1.165, 1.54) is 6.20 Å². The van der Waals surface area contributed by atoms with Crippen LogP contribution in [0.3, 0.4) is 0 Å². The summed E-state index contributed by atoms with van der Waals surface area (Å²) in [4.78, 5) is 24.7. The van der Waals surface area contributed by atoms with E-state index in [2.05, 4.69) is 4.98 Å². The number of H-pyrrole nitrogens is 1. The van der Waals surface area contributed by atoms with E-state index in [4.69, 9.17) is 4.74 Å². The van der Waals surface area contributed by atoms with Gasteiger partial charge >= 0.3 is 5.69 Å². The van der Waals surface area contributed by atoms with Crippen LogP contribution in [0.1, 0.15) is 18.4 Å². The minimum absolute atomic E-state index is 0.0764. The minimum atomic E-state index is -1.72. The number of nitrogens with zero attached hydrogens (tertiary/aromatic N) is 1. The van der Waals surface area contributed by atoms with Crippen LogP contribution in [0.4, 0.5) is 4.39 Å². The summed E-state index contributed by atoms with van der Waals surface area (Å²) in [7, 11) is 0. The number of hydrogen-bond donors (Lipinski definition) is 1. The van der Waals surface area contributed by atoms with E-state index in [-0.39, 0.29) is 18.8 Å². The van der Waals surface area contributed by atoms with E-state index in [1.54, 1.807) is 0 Å². The number of aromatic nitrogens is 2. The summed E-state index contributed by atoms with van der Waals surface area (Å²) < 4.78 is 21.2. The molecule has 22 heavy (non-hydrogen) atoms. The lowest BCUT2D eigenvalue weighted by molar-refractivity contribution is -0.0974. The maximum atomic E-state index is 14.6. The lowest BCUT2D eigenvalue weighted by Gasteiger charge is -2.41. The van der Waals surface area contributed by atoms with Crippen LogP contribution in [0.25, 0.3) is 0 Å². The Bertz CT molecular complexity index is 748. The fraction of sp³-hybridized carbons (Fsp3) is 0.375. The number of rotatable bonds is 5. The first kappa shape index (κ1) is 14.7. The van der Waals surface area contributed by atoms with Gasteiger partial charge in [0.25, 0.3) is 5.56 Å². The molecule has 1 aromatic carbocycles. The zero-order valence-electron chi connectivity index (χ0n) is 12.0. The first-order valence-corrected chi connectivity index (χ1v) is 7.20. The fourth-order valence-corrected chi connectivity index (χ4v) is 2.79. The van der Waals surface area contributed by atoms with Crippen LogP contribution in [0.15, 0.2) is 52.2 Å². The average molecular weight is 304 g/mol. The number of ether oxygens (including phenoxy) is 1. The number of aromatic amines is 1. The molecule has 0 spiro atoms. The highest BCUT2D eigenvalue weighted by molar-refractivity contribution is 5.13. The predicted molar refractivity (Wildman–Crippen MR) is 79.2 cm³/mol. The van der Waals surface area contributed by atoms with Gasteiger partial charge in [-0.2, -0.15) is 0 Å². The summed E-state index contributed by atoms with van der Waals surface area (Å²) in [5.41, 5.74) is -0.157. The van der Waals surface area contributed by atoms with Crippen LogP contribution in [0.5, 0.6) is 0 Å². The topological polar surface area (TPSA) is 64.1 Å². The first-order valence-electron chi connectivity index (χ1n) is 7.20. The van der Waals surface area contributed by atoms with Gasteiger partial charge in [0.15, 0.2) is 5.79 Å². The van der Waals surface area contributed by atoms with Gasteiger partial charge in [-0.1, -0.05) is 30.3 Å². The van der Waals surface area contributed by atoms with Crippen molar-refractivity contribution in [2.24, 2.45) is 5.92 Å². The Hall–Kier alpha value is -2.21. The second kappa shape index (κ2) is 5.88. The third kappa shape index (κ3) is 3.01. The van der Waals surface area contributed by atoms with E-state index in [0.717, 1.165) is 16.2 Å². The third-order valence-electron chi connectivity index (χ3n) is 3.92. The molecule has 0 saturated heterocycles. The Morgan fingerprint density at radius 1 is 1.23 bits per heavy atom. The summed E-state index contributed by atoms with van der Waals surface area (Å²) in [6.45, 7) is 0.952. The third-order valence-corrected chi connectivity index (χ3v) is 3.92. The van der Waals surface area contributed by atoms with Crippen molar-refractivity contribution in [3.8, 4) is 0 Å². The Labute approximate surface area is 126 Å². The average Bonchev–Trinajstić information content (AvgIpc) is 2.46. The molecule has 1 heterocycles. The second-order valence-corrected chi connectivity index (χ2v) is 5.67. The predicted octanol–water partition coefficient (Wildman–Crippen LogP) is 1.79. The van der Waals surface area contributed by atoms with Crippen LogP contribution in [0, 0.1) is 5.92 Å². The zero-order chi connectivity index (χ0) is 15.6. The fourth-order valence-electron chi connectivity index (χ4n) is 2.79. The van der Waals surface area contributed by atoms with Crippen molar-refractivity contribution < 1.29 is 9.13 Å². The maximum Gasteiger partial charge on any atom is 0.330 e. The van der Waals surface area contributed by atoms with Gasteiger partial charge in [-0.3, -0.25) is 14.3 Å². The molecule has 0 aliphatic heterocycles. The van der Waals surface area contributed by atoms with Crippen molar-refractivity contribution in [3.05, 3.63) is 69.0 Å². The van der Waals surface area contributed by atoms with E-state index < -0.39 is 17.0 Å². The van der Waals surface area contributed by atoms with Crippen molar-refractivity contribution in [1.29, 1.82) is 0 Å². The van der Waals surface area contributed by atoms with Crippen LogP contribution >= 0.6 is 0 Å². The molecule has 1 saturated carbocycles. The molecule has 1 aromatic heterocycles. The Morgan fingerprint density at radius 3 is 2.64 bits per heavy atom. The molecule has 6 heteroatoms. The van der Waals surface area contributed by atoms with Gasteiger partial charge < -0.3 is 4.74 Å². The molecule has 1 fully saturated rings. The maximum absolute atomic E-state index is 14.6. The Kier molecular flexibility index (Phi) is 3.94. The summed E-state index contributed by atoms with van der Waals surface area (Å²) in [6.07, 6.45) is 1.64. The van der Waals surface area contributed by atoms with Gasteiger partial charge in [-0.25, -0.2) is 9.18 Å². The van der Waals surface area contributed by atoms with Crippen molar-refractivity contribution >= 4 is 0 Å². The normalized spacial score (nSPS) is 24.0. The molecule has 1 aliphatic rings. The van der Waals surface area contributed by atoms with E-state index in [9.17, 15) is 14.0 Å². The smallest absolute Gasteiger partial charge is 0.330 e. The molecule has 0 bridgehead atoms. The van der Waals surface area contributed by atoms with Gasteiger partial charge in [-0.15, -0.1) is 0 Å². The van der Waals surface area contributed by atoms with Crippen molar-refractivity contribution in [2.75, 3.05) is 6.61 Å².